The molecule has 0 atom stereocenters. The van der Waals surface area contributed by atoms with Crippen LogP contribution in [0.2, 0.25) is 5.02 Å². The number of ether oxygens (including phenoxy) is 1. The Kier molecular flexibility index (Phi) is 5.88. The van der Waals surface area contributed by atoms with Crippen molar-refractivity contribution in [1.82, 2.24) is 0 Å². The summed E-state index contributed by atoms with van der Waals surface area (Å²) in [6, 6.07) is 7.12. The predicted octanol–water partition coefficient (Wildman–Crippen LogP) is 3.04. The molecule has 0 bridgehead atoms. The summed E-state index contributed by atoms with van der Waals surface area (Å²) in [5.74, 6) is -0.896. The minimum absolute atomic E-state index is 0.111. The maximum atomic E-state index is 11.4. The number of benzene rings is 1. The summed E-state index contributed by atoms with van der Waals surface area (Å²) in [6.07, 6.45) is 4.05. The number of carbonyl (C=O) groups is 2. The van der Waals surface area contributed by atoms with Crippen LogP contribution >= 0.6 is 11.6 Å². The topological polar surface area (TPSA) is 43.4 Å². The van der Waals surface area contributed by atoms with Crippen molar-refractivity contribution >= 4 is 29.4 Å². The van der Waals surface area contributed by atoms with E-state index in [9.17, 15) is 9.59 Å². The van der Waals surface area contributed by atoms with E-state index in [2.05, 4.69) is 6.58 Å². The first-order valence-electron chi connectivity index (χ1n) is 5.35. The zero-order valence-electron chi connectivity index (χ0n) is 9.77. The summed E-state index contributed by atoms with van der Waals surface area (Å²) in [5.41, 5.74) is 0.729. The van der Waals surface area contributed by atoms with Gasteiger partial charge in [0.15, 0.2) is 5.78 Å². The summed E-state index contributed by atoms with van der Waals surface area (Å²) in [4.78, 5) is 22.6. The Balaban J connectivity index is 2.52. The molecule has 3 nitrogen and oxygen atoms in total. The van der Waals surface area contributed by atoms with E-state index < -0.39 is 5.97 Å². The van der Waals surface area contributed by atoms with Crippen LogP contribution in [0.4, 0.5) is 0 Å². The second-order valence-electron chi connectivity index (χ2n) is 3.47. The third-order valence-electron chi connectivity index (χ3n) is 2.03. The molecule has 94 valence electrons. The molecule has 0 saturated heterocycles. The molecule has 4 heteroatoms. The molecule has 1 rings (SSSR count). The van der Waals surface area contributed by atoms with Gasteiger partial charge in [0.05, 0.1) is 0 Å². The zero-order valence-corrected chi connectivity index (χ0v) is 10.5. The second kappa shape index (κ2) is 7.45. The first kappa shape index (κ1) is 14.2. The average molecular weight is 265 g/mol. The van der Waals surface area contributed by atoms with Gasteiger partial charge >= 0.3 is 5.97 Å². The van der Waals surface area contributed by atoms with Crippen molar-refractivity contribution in [3.05, 3.63) is 53.6 Å². The first-order valence-corrected chi connectivity index (χ1v) is 5.73. The fourth-order valence-electron chi connectivity index (χ4n) is 1.20. The van der Waals surface area contributed by atoms with Gasteiger partial charge in [0.25, 0.3) is 0 Å². The van der Waals surface area contributed by atoms with E-state index in [0.717, 1.165) is 5.56 Å². The molecular weight excluding hydrogens is 252 g/mol. The third-order valence-corrected chi connectivity index (χ3v) is 2.38. The SMILES string of the molecule is C=CCOC(=O)CC(=O)C=Cc1ccccc1Cl. The van der Waals surface area contributed by atoms with Crippen LogP contribution in [0.5, 0.6) is 0 Å². The highest BCUT2D eigenvalue weighted by atomic mass is 35.5. The van der Waals surface area contributed by atoms with Crippen LogP contribution < -0.4 is 0 Å². The number of rotatable bonds is 6. The quantitative estimate of drug-likeness (QED) is 0.343. The molecule has 0 radical (unpaired) electrons. The van der Waals surface area contributed by atoms with Gasteiger partial charge in [0.1, 0.15) is 13.0 Å². The van der Waals surface area contributed by atoms with E-state index in [1.807, 2.05) is 6.07 Å². The highest BCUT2D eigenvalue weighted by molar-refractivity contribution is 6.32. The lowest BCUT2D eigenvalue weighted by Crippen LogP contribution is -2.09. The molecule has 0 unspecified atom stereocenters. The molecule has 0 aliphatic heterocycles. The Labute approximate surface area is 111 Å². The lowest BCUT2D eigenvalue weighted by Gasteiger charge is -1.99. The van der Waals surface area contributed by atoms with E-state index in [1.54, 1.807) is 24.3 Å². The molecule has 0 heterocycles. The normalized spacial score (nSPS) is 10.3. The average Bonchev–Trinajstić information content (AvgIpc) is 2.35. The maximum absolute atomic E-state index is 11.4. The van der Waals surface area contributed by atoms with Crippen molar-refractivity contribution in [1.29, 1.82) is 0 Å². The Hall–Kier alpha value is -1.87. The van der Waals surface area contributed by atoms with Crippen LogP contribution in [0.15, 0.2) is 43.0 Å². The molecular formula is C14H13ClO3. The molecule has 0 amide bonds. The van der Waals surface area contributed by atoms with Crippen molar-refractivity contribution in [2.24, 2.45) is 0 Å². The summed E-state index contributed by atoms with van der Waals surface area (Å²) in [5, 5.41) is 0.552. The zero-order chi connectivity index (χ0) is 13.4. The number of hydrogen-bond acceptors (Lipinski definition) is 3. The minimum Gasteiger partial charge on any atom is -0.461 e. The van der Waals surface area contributed by atoms with Crippen molar-refractivity contribution < 1.29 is 14.3 Å². The van der Waals surface area contributed by atoms with Gasteiger partial charge in [0, 0.05) is 5.02 Å². The molecule has 0 aliphatic rings. The van der Waals surface area contributed by atoms with Crippen LogP contribution in [-0.4, -0.2) is 18.4 Å². The Bertz CT molecular complexity index is 478. The molecule has 0 spiro atoms. The standard InChI is InChI=1S/C14H13ClO3/c1-2-9-18-14(17)10-12(16)8-7-11-5-3-4-6-13(11)15/h2-8H,1,9-10H2. The summed E-state index contributed by atoms with van der Waals surface area (Å²) >= 11 is 5.92. The van der Waals surface area contributed by atoms with Gasteiger partial charge in [-0.1, -0.05) is 42.5 Å². The molecule has 0 aromatic heterocycles. The van der Waals surface area contributed by atoms with Crippen LogP contribution in [0, 0.1) is 0 Å². The Morgan fingerprint density at radius 1 is 1.33 bits per heavy atom. The van der Waals surface area contributed by atoms with Gasteiger partial charge in [-0.05, 0) is 23.8 Å². The third kappa shape index (κ3) is 4.97. The van der Waals surface area contributed by atoms with Crippen LogP contribution in [0.25, 0.3) is 6.08 Å². The van der Waals surface area contributed by atoms with Crippen molar-refractivity contribution in [3.8, 4) is 0 Å². The number of ketones is 1. The van der Waals surface area contributed by atoms with E-state index in [-0.39, 0.29) is 18.8 Å². The van der Waals surface area contributed by atoms with Crippen molar-refractivity contribution in [3.63, 3.8) is 0 Å². The smallest absolute Gasteiger partial charge is 0.313 e. The van der Waals surface area contributed by atoms with Crippen LogP contribution in [0.1, 0.15) is 12.0 Å². The number of esters is 1. The summed E-state index contributed by atoms with van der Waals surface area (Å²) in [7, 11) is 0. The van der Waals surface area contributed by atoms with Gasteiger partial charge < -0.3 is 4.74 Å². The van der Waals surface area contributed by atoms with Crippen molar-refractivity contribution in [2.75, 3.05) is 6.61 Å². The first-order chi connectivity index (χ1) is 8.63. The number of hydrogen-bond donors (Lipinski definition) is 0. The Morgan fingerprint density at radius 2 is 2.06 bits per heavy atom. The molecule has 1 aromatic carbocycles. The van der Waals surface area contributed by atoms with Gasteiger partial charge in [-0.25, -0.2) is 0 Å². The predicted molar refractivity (Wildman–Crippen MR) is 71.3 cm³/mol. The number of allylic oxidation sites excluding steroid dienone is 1. The Morgan fingerprint density at radius 3 is 2.72 bits per heavy atom. The monoisotopic (exact) mass is 264 g/mol. The molecule has 1 aromatic rings. The molecule has 0 aliphatic carbocycles. The summed E-state index contributed by atoms with van der Waals surface area (Å²) in [6.45, 7) is 3.52. The lowest BCUT2D eigenvalue weighted by molar-refractivity contribution is -0.144. The fraction of sp³-hybridized carbons (Fsp3) is 0.143. The minimum atomic E-state index is -0.566. The summed E-state index contributed by atoms with van der Waals surface area (Å²) < 4.78 is 4.70. The van der Waals surface area contributed by atoms with Gasteiger partial charge in [0.2, 0.25) is 0 Å². The number of carbonyl (C=O) groups excluding carboxylic acids is 2. The fourth-order valence-corrected chi connectivity index (χ4v) is 1.40. The lowest BCUT2D eigenvalue weighted by atomic mass is 10.2. The molecule has 0 fully saturated rings. The molecule has 0 N–H and O–H groups in total. The van der Waals surface area contributed by atoms with E-state index in [1.165, 1.54) is 12.2 Å². The van der Waals surface area contributed by atoms with Crippen LogP contribution in [-0.2, 0) is 14.3 Å². The van der Waals surface area contributed by atoms with Gasteiger partial charge in [-0.2, -0.15) is 0 Å². The largest absolute Gasteiger partial charge is 0.461 e. The van der Waals surface area contributed by atoms with E-state index in [4.69, 9.17) is 16.3 Å². The second-order valence-corrected chi connectivity index (χ2v) is 3.88. The van der Waals surface area contributed by atoms with Crippen molar-refractivity contribution in [2.45, 2.75) is 6.42 Å². The number of halogens is 1. The molecule has 0 saturated carbocycles. The highest BCUT2D eigenvalue weighted by Gasteiger charge is 2.07. The van der Waals surface area contributed by atoms with Crippen LogP contribution in [0.3, 0.4) is 0 Å². The van der Waals surface area contributed by atoms with E-state index in [0.29, 0.717) is 5.02 Å². The maximum Gasteiger partial charge on any atom is 0.313 e. The molecule has 18 heavy (non-hydrogen) atoms. The van der Waals surface area contributed by atoms with E-state index >= 15 is 0 Å². The highest BCUT2D eigenvalue weighted by Crippen LogP contribution is 2.16. The van der Waals surface area contributed by atoms with Gasteiger partial charge in [-0.15, -0.1) is 0 Å². The van der Waals surface area contributed by atoms with Gasteiger partial charge in [-0.3, -0.25) is 9.59 Å².